The predicted octanol–water partition coefficient (Wildman–Crippen LogP) is 3.54. The third-order valence-electron chi connectivity index (χ3n) is 3.28. The highest BCUT2D eigenvalue weighted by atomic mass is 32.2. The Morgan fingerprint density at radius 2 is 2.29 bits per heavy atom. The number of aromatic nitrogens is 2. The van der Waals surface area contributed by atoms with Gasteiger partial charge in [-0.15, -0.1) is 22.7 Å². The van der Waals surface area contributed by atoms with Crippen LogP contribution in [0, 0.1) is 0 Å². The molecule has 0 aliphatic carbocycles. The second kappa shape index (κ2) is 6.41. The number of fused-ring (bicyclic) bond motifs is 1. The van der Waals surface area contributed by atoms with Gasteiger partial charge in [-0.3, -0.25) is 4.79 Å². The van der Waals surface area contributed by atoms with Crippen LogP contribution in [0.5, 0.6) is 0 Å². The molecular weight excluding hydrogens is 302 g/mol. The lowest BCUT2D eigenvalue weighted by Crippen LogP contribution is -2.24. The first-order valence-electron chi connectivity index (χ1n) is 7.02. The first kappa shape index (κ1) is 14.3. The molecule has 110 valence electrons. The summed E-state index contributed by atoms with van der Waals surface area (Å²) in [4.78, 5) is 18.3. The van der Waals surface area contributed by atoms with E-state index in [1.54, 1.807) is 35.2 Å². The summed E-state index contributed by atoms with van der Waals surface area (Å²) in [6.07, 6.45) is 7.45. The van der Waals surface area contributed by atoms with E-state index in [1.807, 2.05) is 16.8 Å². The maximum absolute atomic E-state index is 12.1. The predicted molar refractivity (Wildman–Crippen MR) is 88.3 cm³/mol. The second-order valence-corrected chi connectivity index (χ2v) is 7.28. The molecule has 0 aliphatic heterocycles. The van der Waals surface area contributed by atoms with Crippen molar-refractivity contribution in [2.24, 2.45) is 0 Å². The number of thiophene rings is 2. The van der Waals surface area contributed by atoms with E-state index in [1.165, 1.54) is 14.3 Å². The summed E-state index contributed by atoms with van der Waals surface area (Å²) in [6, 6.07) is 4.19. The highest BCUT2D eigenvalue weighted by Gasteiger charge is 2.11. The Morgan fingerprint density at radius 3 is 3.00 bits per heavy atom. The van der Waals surface area contributed by atoms with Crippen LogP contribution < -0.4 is 5.32 Å². The molecule has 21 heavy (non-hydrogen) atoms. The summed E-state index contributed by atoms with van der Waals surface area (Å²) >= 11 is 3.38. The number of nitrogens with zero attached hydrogens (tertiary/aromatic N) is 2. The van der Waals surface area contributed by atoms with Gasteiger partial charge in [0.15, 0.2) is 0 Å². The number of amides is 1. The second-order valence-electron chi connectivity index (χ2n) is 4.83. The van der Waals surface area contributed by atoms with E-state index in [4.69, 9.17) is 0 Å². The summed E-state index contributed by atoms with van der Waals surface area (Å²) in [7, 11) is 0. The van der Waals surface area contributed by atoms with E-state index in [-0.39, 0.29) is 5.91 Å². The Kier molecular flexibility index (Phi) is 4.36. The van der Waals surface area contributed by atoms with Gasteiger partial charge in [0.25, 0.3) is 5.91 Å². The smallest absolute Gasteiger partial charge is 0.261 e. The molecule has 1 N–H and O–H groups in total. The van der Waals surface area contributed by atoms with E-state index in [0.29, 0.717) is 6.54 Å². The van der Waals surface area contributed by atoms with Gasteiger partial charge < -0.3 is 9.88 Å². The van der Waals surface area contributed by atoms with Gasteiger partial charge in [-0.2, -0.15) is 0 Å². The number of imidazole rings is 1. The van der Waals surface area contributed by atoms with Crippen LogP contribution in [0.3, 0.4) is 0 Å². The molecule has 4 nitrogen and oxygen atoms in total. The summed E-state index contributed by atoms with van der Waals surface area (Å²) in [5.74, 6) is 0.0343. The lowest BCUT2D eigenvalue weighted by atomic mass is 10.3. The van der Waals surface area contributed by atoms with Crippen molar-refractivity contribution in [1.82, 2.24) is 14.9 Å². The van der Waals surface area contributed by atoms with E-state index in [2.05, 4.69) is 23.3 Å². The van der Waals surface area contributed by atoms with Crippen LogP contribution in [0.25, 0.3) is 9.40 Å². The number of hydrogen-bond donors (Lipinski definition) is 1. The number of nitrogens with one attached hydrogen (secondary N) is 1. The zero-order chi connectivity index (χ0) is 14.7. The van der Waals surface area contributed by atoms with Crippen molar-refractivity contribution in [3.63, 3.8) is 0 Å². The van der Waals surface area contributed by atoms with Gasteiger partial charge in [0.2, 0.25) is 0 Å². The Bertz CT molecular complexity index is 696. The average Bonchev–Trinajstić information content (AvgIpc) is 3.17. The highest BCUT2D eigenvalue weighted by Crippen LogP contribution is 2.33. The molecule has 0 bridgehead atoms. The molecule has 6 heteroatoms. The van der Waals surface area contributed by atoms with Crippen LogP contribution in [0.2, 0.25) is 0 Å². The molecule has 3 rings (SSSR count). The molecule has 3 aromatic rings. The lowest BCUT2D eigenvalue weighted by Gasteiger charge is -2.04. The van der Waals surface area contributed by atoms with Crippen molar-refractivity contribution in [3.05, 3.63) is 40.6 Å². The number of rotatable bonds is 6. The van der Waals surface area contributed by atoms with E-state index < -0.39 is 0 Å². The van der Waals surface area contributed by atoms with Crippen molar-refractivity contribution in [3.8, 4) is 0 Å². The van der Waals surface area contributed by atoms with Crippen LogP contribution in [0.4, 0.5) is 0 Å². The first-order chi connectivity index (χ1) is 10.3. The highest BCUT2D eigenvalue weighted by molar-refractivity contribution is 7.39. The van der Waals surface area contributed by atoms with E-state index in [9.17, 15) is 4.79 Å². The quantitative estimate of drug-likeness (QED) is 0.706. The molecule has 0 aliphatic rings. The van der Waals surface area contributed by atoms with Gasteiger partial charge in [-0.05, 0) is 25.0 Å². The molecule has 0 saturated carbocycles. The largest absolute Gasteiger partial charge is 0.351 e. The summed E-state index contributed by atoms with van der Waals surface area (Å²) in [6.45, 7) is 3.71. The fourth-order valence-electron chi connectivity index (χ4n) is 2.15. The topological polar surface area (TPSA) is 46.9 Å². The van der Waals surface area contributed by atoms with Crippen LogP contribution in [0.15, 0.2) is 30.9 Å². The average molecular weight is 319 g/mol. The van der Waals surface area contributed by atoms with Crippen LogP contribution in [-0.4, -0.2) is 22.0 Å². The normalized spacial score (nSPS) is 11.1. The van der Waals surface area contributed by atoms with Crippen LogP contribution >= 0.6 is 22.7 Å². The van der Waals surface area contributed by atoms with Crippen molar-refractivity contribution >= 4 is 38.0 Å². The molecule has 0 unspecified atom stereocenters. The molecule has 0 spiro atoms. The lowest BCUT2D eigenvalue weighted by molar-refractivity contribution is 0.0957. The molecule has 0 atom stereocenters. The van der Waals surface area contributed by atoms with Gasteiger partial charge in [-0.25, -0.2) is 4.98 Å². The Hall–Kier alpha value is -1.66. The zero-order valence-corrected chi connectivity index (χ0v) is 13.5. The third kappa shape index (κ3) is 3.33. The molecule has 3 aromatic heterocycles. The first-order valence-corrected chi connectivity index (χ1v) is 8.65. The monoisotopic (exact) mass is 319 g/mol. The number of hydrogen-bond acceptors (Lipinski definition) is 4. The Balaban J connectivity index is 1.52. The minimum absolute atomic E-state index is 0.0343. The number of carbonyl (C=O) groups is 1. The SMILES string of the molecule is CCc1cc2cc(C(=O)NCCCn3ccnc3)sc2s1. The molecule has 0 saturated heterocycles. The zero-order valence-electron chi connectivity index (χ0n) is 11.8. The summed E-state index contributed by atoms with van der Waals surface area (Å²) in [5, 5.41) is 4.18. The maximum atomic E-state index is 12.1. The van der Waals surface area contributed by atoms with Crippen molar-refractivity contribution in [1.29, 1.82) is 0 Å². The maximum Gasteiger partial charge on any atom is 0.261 e. The minimum atomic E-state index is 0.0343. The fraction of sp³-hybridized carbons (Fsp3) is 0.333. The van der Waals surface area contributed by atoms with Crippen molar-refractivity contribution in [2.45, 2.75) is 26.3 Å². The standard InChI is InChI=1S/C15H17N3OS2/c1-2-12-8-11-9-13(21-15(11)20-12)14(19)17-4-3-6-18-7-5-16-10-18/h5,7-10H,2-4,6H2,1H3,(H,17,19). The van der Waals surface area contributed by atoms with Crippen molar-refractivity contribution in [2.75, 3.05) is 6.54 Å². The molecule has 0 radical (unpaired) electrons. The number of carbonyl (C=O) groups excluding carboxylic acids is 1. The van der Waals surface area contributed by atoms with Crippen LogP contribution in [0.1, 0.15) is 27.9 Å². The van der Waals surface area contributed by atoms with E-state index >= 15 is 0 Å². The fourth-order valence-corrected chi connectivity index (χ4v) is 4.49. The molecule has 3 heterocycles. The van der Waals surface area contributed by atoms with Crippen LogP contribution in [-0.2, 0) is 13.0 Å². The van der Waals surface area contributed by atoms with Crippen molar-refractivity contribution < 1.29 is 4.79 Å². The van der Waals surface area contributed by atoms with Gasteiger partial charge in [0.1, 0.15) is 0 Å². The van der Waals surface area contributed by atoms with Gasteiger partial charge in [-0.1, -0.05) is 6.92 Å². The molecular formula is C15H17N3OS2. The van der Waals surface area contributed by atoms with Gasteiger partial charge in [0, 0.05) is 35.7 Å². The van der Waals surface area contributed by atoms with E-state index in [0.717, 1.165) is 24.3 Å². The van der Waals surface area contributed by atoms with Gasteiger partial charge >= 0.3 is 0 Å². The molecule has 0 fully saturated rings. The summed E-state index contributed by atoms with van der Waals surface area (Å²) < 4.78 is 3.26. The van der Waals surface area contributed by atoms with Gasteiger partial charge in [0.05, 0.1) is 15.2 Å². The third-order valence-corrected chi connectivity index (χ3v) is 5.81. The minimum Gasteiger partial charge on any atom is -0.351 e. The molecule has 1 amide bonds. The Morgan fingerprint density at radius 1 is 1.38 bits per heavy atom. The molecule has 0 aromatic carbocycles. The number of aryl methyl sites for hydroxylation is 2. The Labute approximate surface area is 131 Å². The summed E-state index contributed by atoms with van der Waals surface area (Å²) in [5.41, 5.74) is 0.